The Morgan fingerprint density at radius 3 is 3.16 bits per heavy atom. The normalized spacial score (nSPS) is 13.2. The zero-order chi connectivity index (χ0) is 13.1. The topological polar surface area (TPSA) is 48.4 Å². The van der Waals surface area contributed by atoms with Crippen LogP contribution in [0.5, 0.6) is 5.75 Å². The molecule has 3 rings (SSSR count). The molecule has 96 valence electrons. The molecule has 0 amide bonds. The minimum atomic E-state index is -0.357. The van der Waals surface area contributed by atoms with E-state index in [4.69, 9.17) is 9.47 Å². The number of hydrogen-bond donors (Lipinski definition) is 0. The minimum absolute atomic E-state index is 0.204. The van der Waals surface area contributed by atoms with E-state index in [1.165, 1.54) is 11.3 Å². The van der Waals surface area contributed by atoms with Gasteiger partial charge in [0.25, 0.3) is 0 Å². The van der Waals surface area contributed by atoms with Gasteiger partial charge in [0, 0.05) is 17.1 Å². The van der Waals surface area contributed by atoms with Crippen molar-refractivity contribution in [2.45, 2.75) is 6.61 Å². The third kappa shape index (κ3) is 2.66. The average Bonchev–Trinajstić information content (AvgIpc) is 2.97. The van der Waals surface area contributed by atoms with Crippen LogP contribution in [0.2, 0.25) is 0 Å². The van der Waals surface area contributed by atoms with Crippen molar-refractivity contribution in [2.75, 3.05) is 6.61 Å². The monoisotopic (exact) mass is 273 g/mol. The summed E-state index contributed by atoms with van der Waals surface area (Å²) in [4.78, 5) is 16.0. The number of aromatic nitrogens is 1. The quantitative estimate of drug-likeness (QED) is 0.807. The first kappa shape index (κ1) is 11.9. The van der Waals surface area contributed by atoms with E-state index in [9.17, 15) is 4.79 Å². The van der Waals surface area contributed by atoms with Crippen LogP contribution in [-0.4, -0.2) is 17.6 Å². The number of para-hydroxylation sites is 1. The van der Waals surface area contributed by atoms with Crippen molar-refractivity contribution in [3.05, 3.63) is 52.0 Å². The lowest BCUT2D eigenvalue weighted by Crippen LogP contribution is -2.17. The van der Waals surface area contributed by atoms with Crippen LogP contribution in [0, 0.1) is 0 Å². The first-order valence-electron chi connectivity index (χ1n) is 5.81. The lowest BCUT2D eigenvalue weighted by molar-refractivity contribution is -0.140. The van der Waals surface area contributed by atoms with E-state index in [0.717, 1.165) is 16.3 Å². The molecule has 0 radical (unpaired) electrons. The largest absolute Gasteiger partial charge is 0.488 e. The smallest absolute Gasteiger partial charge is 0.337 e. The Bertz CT molecular complexity index is 619. The summed E-state index contributed by atoms with van der Waals surface area (Å²) >= 11 is 1.46. The van der Waals surface area contributed by atoms with Crippen molar-refractivity contribution in [3.63, 3.8) is 0 Å². The van der Waals surface area contributed by atoms with Crippen LogP contribution >= 0.6 is 11.3 Å². The Morgan fingerprint density at radius 2 is 2.32 bits per heavy atom. The molecule has 2 aromatic rings. The standard InChI is InChI=1S/C14H11NO3S/c16-14(18-9-13-15-5-6-19-13)11-7-10-3-1-2-4-12(10)17-8-11/h1-7H,8-9H2. The number of hydrogen-bond acceptors (Lipinski definition) is 5. The van der Waals surface area contributed by atoms with Gasteiger partial charge in [-0.25, -0.2) is 9.78 Å². The Kier molecular flexibility index (Phi) is 3.29. The predicted octanol–water partition coefficient (Wildman–Crippen LogP) is 2.66. The van der Waals surface area contributed by atoms with E-state index >= 15 is 0 Å². The zero-order valence-corrected chi connectivity index (χ0v) is 10.9. The van der Waals surface area contributed by atoms with Crippen LogP contribution in [0.4, 0.5) is 0 Å². The van der Waals surface area contributed by atoms with Gasteiger partial charge in [-0.2, -0.15) is 0 Å². The number of rotatable bonds is 3. The van der Waals surface area contributed by atoms with Crippen LogP contribution in [0.3, 0.4) is 0 Å². The van der Waals surface area contributed by atoms with Crippen molar-refractivity contribution in [1.29, 1.82) is 0 Å². The fourth-order valence-corrected chi connectivity index (χ4v) is 2.31. The van der Waals surface area contributed by atoms with E-state index in [1.54, 1.807) is 6.20 Å². The van der Waals surface area contributed by atoms with Gasteiger partial charge in [-0.1, -0.05) is 18.2 Å². The second kappa shape index (κ2) is 5.24. The molecule has 0 unspecified atom stereocenters. The van der Waals surface area contributed by atoms with Gasteiger partial charge in [-0.15, -0.1) is 11.3 Å². The highest BCUT2D eigenvalue weighted by Gasteiger charge is 2.18. The summed E-state index contributed by atoms with van der Waals surface area (Å²) < 4.78 is 10.7. The predicted molar refractivity (Wildman–Crippen MR) is 71.8 cm³/mol. The number of thiazole rings is 1. The summed E-state index contributed by atoms with van der Waals surface area (Å²) in [5.74, 6) is 0.434. The van der Waals surface area contributed by atoms with Crippen LogP contribution in [-0.2, 0) is 16.1 Å². The molecule has 1 aromatic carbocycles. The van der Waals surface area contributed by atoms with Gasteiger partial charge in [-0.3, -0.25) is 0 Å². The molecule has 1 aromatic heterocycles. The van der Waals surface area contributed by atoms with E-state index < -0.39 is 0 Å². The molecule has 5 heteroatoms. The van der Waals surface area contributed by atoms with Gasteiger partial charge in [0.2, 0.25) is 0 Å². The van der Waals surface area contributed by atoms with E-state index in [0.29, 0.717) is 5.57 Å². The van der Waals surface area contributed by atoms with Crippen LogP contribution in [0.1, 0.15) is 10.6 Å². The highest BCUT2D eigenvalue weighted by atomic mass is 32.1. The van der Waals surface area contributed by atoms with Crippen LogP contribution in [0.15, 0.2) is 41.4 Å². The molecule has 4 nitrogen and oxygen atoms in total. The Hall–Kier alpha value is -2.14. The summed E-state index contributed by atoms with van der Waals surface area (Å²) in [6.45, 7) is 0.448. The number of carbonyl (C=O) groups excluding carboxylic acids is 1. The number of carbonyl (C=O) groups is 1. The SMILES string of the molecule is O=C(OCc1nccs1)C1=Cc2ccccc2OC1. The highest BCUT2D eigenvalue weighted by molar-refractivity contribution is 7.09. The van der Waals surface area contributed by atoms with Crippen molar-refractivity contribution in [3.8, 4) is 5.75 Å². The van der Waals surface area contributed by atoms with Crippen LogP contribution < -0.4 is 4.74 Å². The highest BCUT2D eigenvalue weighted by Crippen LogP contribution is 2.26. The van der Waals surface area contributed by atoms with Gasteiger partial charge in [0.15, 0.2) is 0 Å². The van der Waals surface area contributed by atoms with Gasteiger partial charge in [0.1, 0.15) is 24.0 Å². The summed E-state index contributed by atoms with van der Waals surface area (Å²) in [6.07, 6.45) is 3.50. The summed E-state index contributed by atoms with van der Waals surface area (Å²) in [6, 6.07) is 7.59. The number of esters is 1. The molecule has 0 bridgehead atoms. The third-order valence-corrected chi connectivity index (χ3v) is 3.46. The minimum Gasteiger partial charge on any atom is -0.488 e. The first-order valence-corrected chi connectivity index (χ1v) is 6.69. The molecular weight excluding hydrogens is 262 g/mol. The Labute approximate surface area is 114 Å². The molecule has 19 heavy (non-hydrogen) atoms. The number of nitrogens with zero attached hydrogens (tertiary/aromatic N) is 1. The summed E-state index contributed by atoms with van der Waals surface area (Å²) in [7, 11) is 0. The summed E-state index contributed by atoms with van der Waals surface area (Å²) in [5.41, 5.74) is 1.42. The maximum atomic E-state index is 11.9. The Morgan fingerprint density at radius 1 is 1.42 bits per heavy atom. The second-order valence-corrected chi connectivity index (χ2v) is 4.98. The lowest BCUT2D eigenvalue weighted by Gasteiger charge is -2.16. The fraction of sp³-hybridized carbons (Fsp3) is 0.143. The molecule has 0 fully saturated rings. The number of ether oxygens (including phenoxy) is 2. The van der Waals surface area contributed by atoms with Gasteiger partial charge >= 0.3 is 5.97 Å². The molecule has 0 saturated carbocycles. The van der Waals surface area contributed by atoms with E-state index in [1.807, 2.05) is 35.7 Å². The molecule has 1 aliphatic heterocycles. The zero-order valence-electron chi connectivity index (χ0n) is 10.0. The average molecular weight is 273 g/mol. The van der Waals surface area contributed by atoms with Crippen molar-refractivity contribution in [1.82, 2.24) is 4.98 Å². The fourth-order valence-electron chi connectivity index (χ4n) is 1.78. The van der Waals surface area contributed by atoms with Crippen molar-refractivity contribution < 1.29 is 14.3 Å². The molecule has 1 aliphatic rings. The van der Waals surface area contributed by atoms with E-state index in [-0.39, 0.29) is 19.2 Å². The maximum absolute atomic E-state index is 11.9. The molecule has 0 aliphatic carbocycles. The van der Waals surface area contributed by atoms with Gasteiger partial charge < -0.3 is 9.47 Å². The lowest BCUT2D eigenvalue weighted by atomic mass is 10.1. The maximum Gasteiger partial charge on any atom is 0.337 e. The van der Waals surface area contributed by atoms with Gasteiger partial charge in [0.05, 0.1) is 5.57 Å². The van der Waals surface area contributed by atoms with Crippen LogP contribution in [0.25, 0.3) is 6.08 Å². The van der Waals surface area contributed by atoms with Gasteiger partial charge in [-0.05, 0) is 12.1 Å². The van der Waals surface area contributed by atoms with E-state index in [2.05, 4.69) is 4.98 Å². The molecular formula is C14H11NO3S. The van der Waals surface area contributed by atoms with Crippen molar-refractivity contribution >= 4 is 23.4 Å². The molecule has 0 N–H and O–H groups in total. The molecule has 2 heterocycles. The number of benzene rings is 1. The molecule has 0 spiro atoms. The number of fused-ring (bicyclic) bond motifs is 1. The second-order valence-electron chi connectivity index (χ2n) is 4.00. The first-order chi connectivity index (χ1) is 9.33. The summed E-state index contributed by atoms with van der Waals surface area (Å²) in [5, 5.41) is 2.63. The third-order valence-electron chi connectivity index (χ3n) is 2.70. The molecule has 0 atom stereocenters. The molecule has 0 saturated heterocycles. The van der Waals surface area contributed by atoms with Crippen molar-refractivity contribution in [2.24, 2.45) is 0 Å². The Balaban J connectivity index is 1.69.